The van der Waals surface area contributed by atoms with E-state index in [0.29, 0.717) is 0 Å². The molecule has 0 heterocycles. The van der Waals surface area contributed by atoms with Gasteiger partial charge in [-0.15, -0.1) is 0 Å². The minimum Gasteiger partial charge on any atom is -0.330 e. The summed E-state index contributed by atoms with van der Waals surface area (Å²) >= 11 is 0. The van der Waals surface area contributed by atoms with Gasteiger partial charge < -0.3 is 16.8 Å². The first-order chi connectivity index (χ1) is 5.91. The van der Waals surface area contributed by atoms with Gasteiger partial charge in [0, 0.05) is 18.9 Å². The fourth-order valence-electron chi connectivity index (χ4n) is 1.09. The van der Waals surface area contributed by atoms with E-state index in [9.17, 15) is 0 Å². The van der Waals surface area contributed by atoms with Gasteiger partial charge in [-0.2, -0.15) is 0 Å². The summed E-state index contributed by atoms with van der Waals surface area (Å²) in [5.41, 5.74) is 10.7. The molecule has 0 saturated heterocycles. The Morgan fingerprint density at radius 1 is 0.692 bits per heavy atom. The molecule has 0 bridgehead atoms. The van der Waals surface area contributed by atoms with E-state index in [1.54, 1.807) is 0 Å². The molecular weight excluding hydrogens is 157 g/mol. The third-order valence-electron chi connectivity index (χ3n) is 1.87. The molecule has 3 nitrogen and oxygen atoms in total. The molecule has 0 spiro atoms. The summed E-state index contributed by atoms with van der Waals surface area (Å²) in [4.78, 5) is 0. The van der Waals surface area contributed by atoms with Crippen molar-refractivity contribution in [3.63, 3.8) is 0 Å². The first-order valence-corrected chi connectivity index (χ1v) is 5.02. The zero-order valence-electron chi connectivity index (χ0n) is 9.02. The molecule has 0 rings (SSSR count). The van der Waals surface area contributed by atoms with Crippen LogP contribution >= 0.6 is 0 Å². The summed E-state index contributed by atoms with van der Waals surface area (Å²) in [5, 5.41) is 3.38. The Kier molecular flexibility index (Phi) is 18.3. The Balaban J connectivity index is 0. The average Bonchev–Trinajstić information content (AvgIpc) is 2.10. The maximum absolute atomic E-state index is 5.37. The molecule has 0 saturated carbocycles. The number of hydrogen-bond donors (Lipinski definition) is 3. The predicted octanol–water partition coefficient (Wildman–Crippen LogP) is 0.0631. The summed E-state index contributed by atoms with van der Waals surface area (Å²) in [6.07, 6.45) is 5.99. The van der Waals surface area contributed by atoms with Gasteiger partial charge >= 0.3 is 0 Å². The zero-order valence-corrected chi connectivity index (χ0v) is 9.02. The summed E-state index contributed by atoms with van der Waals surface area (Å²) in [7, 11) is 0. The summed E-state index contributed by atoms with van der Waals surface area (Å²) in [6, 6.07) is 0. The van der Waals surface area contributed by atoms with Crippen molar-refractivity contribution >= 4 is 18.9 Å². The van der Waals surface area contributed by atoms with Crippen molar-refractivity contribution in [2.24, 2.45) is 11.5 Å². The van der Waals surface area contributed by atoms with Crippen LogP contribution in [0.25, 0.3) is 0 Å². The van der Waals surface area contributed by atoms with E-state index in [0.717, 1.165) is 39.0 Å². The Bertz CT molecular complexity index is 71.3. The molecule has 0 aromatic rings. The number of hydrogen-bond acceptors (Lipinski definition) is 3. The molecule has 0 aromatic heterocycles. The van der Waals surface area contributed by atoms with Crippen LogP contribution in [0.2, 0.25) is 0 Å². The van der Waals surface area contributed by atoms with Crippen LogP contribution in [-0.2, 0) is 0 Å². The molecule has 1 radical (unpaired) electrons. The van der Waals surface area contributed by atoms with Gasteiger partial charge in [0.25, 0.3) is 0 Å². The summed E-state index contributed by atoms with van der Waals surface area (Å²) in [5.74, 6) is 0. The first-order valence-electron chi connectivity index (χ1n) is 5.02. The van der Waals surface area contributed by atoms with Crippen LogP contribution in [0.1, 0.15) is 32.1 Å². The van der Waals surface area contributed by atoms with Crippen LogP contribution in [0.4, 0.5) is 0 Å². The van der Waals surface area contributed by atoms with Crippen molar-refractivity contribution in [2.75, 3.05) is 26.2 Å². The molecule has 0 amide bonds. The first kappa shape index (κ1) is 15.9. The second kappa shape index (κ2) is 15.0. The number of nitrogens with two attached hydrogens (primary N) is 2. The molecule has 0 unspecified atom stereocenters. The molecular formula is C9H23LiN3. The molecule has 0 aromatic carbocycles. The maximum atomic E-state index is 5.37. The summed E-state index contributed by atoms with van der Waals surface area (Å²) in [6.45, 7) is 3.88. The van der Waals surface area contributed by atoms with E-state index in [1.165, 1.54) is 19.3 Å². The van der Waals surface area contributed by atoms with Gasteiger partial charge in [-0.25, -0.2) is 0 Å². The molecule has 13 heavy (non-hydrogen) atoms. The minimum absolute atomic E-state index is 0. The van der Waals surface area contributed by atoms with Crippen LogP contribution in [0.5, 0.6) is 0 Å². The quantitative estimate of drug-likeness (QED) is 0.347. The van der Waals surface area contributed by atoms with Crippen LogP contribution < -0.4 is 16.8 Å². The molecule has 75 valence electrons. The Labute approximate surface area is 94.2 Å². The van der Waals surface area contributed by atoms with Crippen LogP contribution in [0.3, 0.4) is 0 Å². The van der Waals surface area contributed by atoms with E-state index in [-0.39, 0.29) is 18.9 Å². The second-order valence-electron chi connectivity index (χ2n) is 3.10. The fraction of sp³-hybridized carbons (Fsp3) is 1.00. The number of nitrogens with one attached hydrogen (secondary N) is 1. The van der Waals surface area contributed by atoms with E-state index >= 15 is 0 Å². The van der Waals surface area contributed by atoms with Crippen molar-refractivity contribution < 1.29 is 0 Å². The predicted molar refractivity (Wildman–Crippen MR) is 59.8 cm³/mol. The molecule has 0 fully saturated rings. The van der Waals surface area contributed by atoms with Gasteiger partial charge in [0.2, 0.25) is 0 Å². The molecule has 5 N–H and O–H groups in total. The smallest absolute Gasteiger partial charge is 0 e. The average molecular weight is 180 g/mol. The van der Waals surface area contributed by atoms with Gasteiger partial charge in [-0.1, -0.05) is 6.42 Å². The van der Waals surface area contributed by atoms with Gasteiger partial charge in [-0.3, -0.25) is 0 Å². The zero-order chi connectivity index (χ0) is 9.07. The van der Waals surface area contributed by atoms with Crippen LogP contribution in [0.15, 0.2) is 0 Å². The van der Waals surface area contributed by atoms with Crippen LogP contribution in [-0.4, -0.2) is 45.0 Å². The number of unbranched alkanes of at least 4 members (excludes halogenated alkanes) is 3. The molecule has 0 aliphatic carbocycles. The third kappa shape index (κ3) is 15.2. The Morgan fingerprint density at radius 3 is 1.69 bits per heavy atom. The SMILES string of the molecule is NCCCCCNCCCCN.[Li]. The van der Waals surface area contributed by atoms with Crippen molar-refractivity contribution in [3.05, 3.63) is 0 Å². The van der Waals surface area contributed by atoms with Gasteiger partial charge in [-0.05, 0) is 51.9 Å². The number of rotatable bonds is 9. The van der Waals surface area contributed by atoms with E-state index in [2.05, 4.69) is 5.32 Å². The van der Waals surface area contributed by atoms with Crippen molar-refractivity contribution in [2.45, 2.75) is 32.1 Å². The van der Waals surface area contributed by atoms with Crippen molar-refractivity contribution in [3.8, 4) is 0 Å². The van der Waals surface area contributed by atoms with E-state index < -0.39 is 0 Å². The maximum Gasteiger partial charge on any atom is 0 e. The van der Waals surface area contributed by atoms with E-state index in [4.69, 9.17) is 11.5 Å². The standard InChI is InChI=1S/C9H23N3.Li/c10-6-2-1-4-8-12-9-5-3-7-11;/h12H,1-11H2;. The van der Waals surface area contributed by atoms with Crippen molar-refractivity contribution in [1.82, 2.24) is 5.32 Å². The van der Waals surface area contributed by atoms with Gasteiger partial charge in [0.1, 0.15) is 0 Å². The second-order valence-corrected chi connectivity index (χ2v) is 3.10. The normalized spacial score (nSPS) is 9.69. The Morgan fingerprint density at radius 2 is 1.15 bits per heavy atom. The Hall–Kier alpha value is 0.477. The van der Waals surface area contributed by atoms with Gasteiger partial charge in [0.05, 0.1) is 0 Å². The minimum atomic E-state index is 0. The molecule has 0 aliphatic heterocycles. The molecule has 0 aliphatic rings. The van der Waals surface area contributed by atoms with Crippen molar-refractivity contribution in [1.29, 1.82) is 0 Å². The largest absolute Gasteiger partial charge is 0.330 e. The van der Waals surface area contributed by atoms with Crippen LogP contribution in [0, 0.1) is 0 Å². The molecule has 4 heteroatoms. The third-order valence-corrected chi connectivity index (χ3v) is 1.87. The van der Waals surface area contributed by atoms with E-state index in [1.807, 2.05) is 0 Å². The topological polar surface area (TPSA) is 64.1 Å². The summed E-state index contributed by atoms with van der Waals surface area (Å²) < 4.78 is 0. The van der Waals surface area contributed by atoms with Gasteiger partial charge in [0.15, 0.2) is 0 Å². The monoisotopic (exact) mass is 180 g/mol. The fourth-order valence-corrected chi connectivity index (χ4v) is 1.09. The molecule has 0 atom stereocenters.